The highest BCUT2D eigenvalue weighted by Gasteiger charge is 2.10. The number of benzene rings is 1. The Morgan fingerprint density at radius 1 is 1.47 bits per heavy atom. The predicted octanol–water partition coefficient (Wildman–Crippen LogP) is 0.659. The van der Waals surface area contributed by atoms with Crippen molar-refractivity contribution >= 4 is 0 Å². The van der Waals surface area contributed by atoms with Gasteiger partial charge in [0.2, 0.25) is 0 Å². The molecule has 7 heteroatoms. The van der Waals surface area contributed by atoms with Crippen LogP contribution in [0.3, 0.4) is 0 Å². The second-order valence-electron chi connectivity index (χ2n) is 3.26. The quantitative estimate of drug-likeness (QED) is 0.845. The zero-order chi connectivity index (χ0) is 12.3. The molecule has 0 aliphatic carbocycles. The molecule has 0 spiro atoms. The van der Waals surface area contributed by atoms with E-state index in [-0.39, 0.29) is 12.3 Å². The molecule has 1 aromatic carbocycles. The Hall–Kier alpha value is -2.02. The van der Waals surface area contributed by atoms with E-state index in [4.69, 9.17) is 10.5 Å². The highest BCUT2D eigenvalue weighted by atomic mass is 19.1. The van der Waals surface area contributed by atoms with E-state index in [1.165, 1.54) is 16.8 Å². The van der Waals surface area contributed by atoms with Crippen LogP contribution in [-0.2, 0) is 6.54 Å². The summed E-state index contributed by atoms with van der Waals surface area (Å²) in [5.41, 5.74) is 5.98. The Kier molecular flexibility index (Phi) is 3.29. The van der Waals surface area contributed by atoms with Gasteiger partial charge in [-0.15, -0.1) is 5.10 Å². The third-order valence-corrected chi connectivity index (χ3v) is 2.18. The fraction of sp³-hybridized carbons (Fsp3) is 0.300. The summed E-state index contributed by atoms with van der Waals surface area (Å²) >= 11 is 0. The highest BCUT2D eigenvalue weighted by molar-refractivity contribution is 5.38. The van der Waals surface area contributed by atoms with E-state index in [1.54, 1.807) is 13.0 Å². The second-order valence-corrected chi connectivity index (χ2v) is 3.26. The first-order chi connectivity index (χ1) is 8.26. The summed E-state index contributed by atoms with van der Waals surface area (Å²) in [6.07, 6.45) is 0. The molecule has 0 saturated heterocycles. The van der Waals surface area contributed by atoms with Gasteiger partial charge in [-0.25, -0.2) is 4.39 Å². The topological polar surface area (TPSA) is 78.8 Å². The SMILES string of the molecule is CCOc1ccc(-n2nnnc2CN)cc1F. The molecular formula is C10H12FN5O. The minimum Gasteiger partial charge on any atom is -0.491 e. The lowest BCUT2D eigenvalue weighted by Gasteiger charge is -2.07. The van der Waals surface area contributed by atoms with Crippen molar-refractivity contribution in [1.29, 1.82) is 0 Å². The van der Waals surface area contributed by atoms with Crippen molar-refractivity contribution in [3.63, 3.8) is 0 Å². The molecule has 90 valence electrons. The first kappa shape index (κ1) is 11.5. The maximum absolute atomic E-state index is 13.6. The van der Waals surface area contributed by atoms with E-state index >= 15 is 0 Å². The molecule has 2 rings (SSSR count). The van der Waals surface area contributed by atoms with Crippen molar-refractivity contribution in [3.05, 3.63) is 29.8 Å². The monoisotopic (exact) mass is 237 g/mol. The summed E-state index contributed by atoms with van der Waals surface area (Å²) in [5, 5.41) is 11.0. The standard InChI is InChI=1S/C10H12FN5O/c1-2-17-9-4-3-7(5-8(9)11)16-10(6-12)13-14-15-16/h3-5H,2,6,12H2,1H3. The second kappa shape index (κ2) is 4.88. The number of tetrazole rings is 1. The van der Waals surface area contributed by atoms with Crippen LogP contribution in [0.5, 0.6) is 5.75 Å². The summed E-state index contributed by atoms with van der Waals surface area (Å²) in [6.45, 7) is 2.39. The first-order valence-corrected chi connectivity index (χ1v) is 5.16. The van der Waals surface area contributed by atoms with E-state index in [2.05, 4.69) is 15.5 Å². The van der Waals surface area contributed by atoms with Gasteiger partial charge in [-0.1, -0.05) is 0 Å². The highest BCUT2D eigenvalue weighted by Crippen LogP contribution is 2.20. The molecule has 6 nitrogen and oxygen atoms in total. The molecule has 0 fully saturated rings. The van der Waals surface area contributed by atoms with Gasteiger partial charge in [0.15, 0.2) is 17.4 Å². The van der Waals surface area contributed by atoms with Crippen molar-refractivity contribution in [2.45, 2.75) is 13.5 Å². The summed E-state index contributed by atoms with van der Waals surface area (Å²) in [6, 6.07) is 4.51. The number of rotatable bonds is 4. The molecule has 0 aliphatic heterocycles. The predicted molar refractivity (Wildman–Crippen MR) is 58.2 cm³/mol. The summed E-state index contributed by atoms with van der Waals surface area (Å²) in [4.78, 5) is 0. The maximum Gasteiger partial charge on any atom is 0.170 e. The van der Waals surface area contributed by atoms with Crippen molar-refractivity contribution in [2.24, 2.45) is 5.73 Å². The van der Waals surface area contributed by atoms with Crippen LogP contribution in [0.2, 0.25) is 0 Å². The Labute approximate surface area is 97.2 Å². The molecule has 0 saturated carbocycles. The third-order valence-electron chi connectivity index (χ3n) is 2.18. The van der Waals surface area contributed by atoms with E-state index in [0.717, 1.165) is 0 Å². The Morgan fingerprint density at radius 2 is 2.29 bits per heavy atom. The lowest BCUT2D eigenvalue weighted by Crippen LogP contribution is -2.08. The minimum atomic E-state index is -0.456. The molecule has 0 atom stereocenters. The number of ether oxygens (including phenoxy) is 1. The molecule has 0 unspecified atom stereocenters. The van der Waals surface area contributed by atoms with Crippen LogP contribution in [-0.4, -0.2) is 26.8 Å². The summed E-state index contributed by atoms with van der Waals surface area (Å²) in [5.74, 6) is 0.218. The average molecular weight is 237 g/mol. The van der Waals surface area contributed by atoms with Crippen LogP contribution in [0.4, 0.5) is 4.39 Å². The van der Waals surface area contributed by atoms with Crippen molar-refractivity contribution in [2.75, 3.05) is 6.61 Å². The molecule has 17 heavy (non-hydrogen) atoms. The van der Waals surface area contributed by atoms with Gasteiger partial charge in [-0.2, -0.15) is 4.68 Å². The molecule has 1 aromatic heterocycles. The molecule has 2 N–H and O–H groups in total. The van der Waals surface area contributed by atoms with Gasteiger partial charge in [-0.3, -0.25) is 0 Å². The molecule has 0 bridgehead atoms. The summed E-state index contributed by atoms with van der Waals surface area (Å²) in [7, 11) is 0. The third kappa shape index (κ3) is 2.23. The Morgan fingerprint density at radius 3 is 2.94 bits per heavy atom. The fourth-order valence-electron chi connectivity index (χ4n) is 1.43. The van der Waals surface area contributed by atoms with Crippen LogP contribution in [0, 0.1) is 5.82 Å². The molecule has 1 heterocycles. The van der Waals surface area contributed by atoms with Gasteiger partial charge in [0.1, 0.15) is 0 Å². The number of nitrogens with zero attached hydrogens (tertiary/aromatic N) is 4. The molecule has 0 radical (unpaired) electrons. The van der Waals surface area contributed by atoms with E-state index in [0.29, 0.717) is 18.1 Å². The zero-order valence-electron chi connectivity index (χ0n) is 9.30. The van der Waals surface area contributed by atoms with E-state index in [9.17, 15) is 4.39 Å². The Bertz CT molecular complexity index is 513. The van der Waals surface area contributed by atoms with Gasteiger partial charge in [0.25, 0.3) is 0 Å². The normalized spacial score (nSPS) is 10.5. The van der Waals surface area contributed by atoms with Crippen molar-refractivity contribution < 1.29 is 9.13 Å². The maximum atomic E-state index is 13.6. The molecule has 0 aliphatic rings. The number of halogens is 1. The van der Waals surface area contributed by atoms with Crippen LogP contribution < -0.4 is 10.5 Å². The molecule has 0 amide bonds. The number of hydrogen-bond acceptors (Lipinski definition) is 5. The largest absolute Gasteiger partial charge is 0.491 e. The van der Waals surface area contributed by atoms with Crippen molar-refractivity contribution in [1.82, 2.24) is 20.2 Å². The van der Waals surface area contributed by atoms with E-state index in [1.807, 2.05) is 0 Å². The van der Waals surface area contributed by atoms with Gasteiger partial charge in [-0.05, 0) is 29.5 Å². The van der Waals surface area contributed by atoms with Crippen molar-refractivity contribution in [3.8, 4) is 11.4 Å². The van der Waals surface area contributed by atoms with E-state index < -0.39 is 5.82 Å². The minimum absolute atomic E-state index is 0.182. The lowest BCUT2D eigenvalue weighted by atomic mass is 10.3. The molecule has 2 aromatic rings. The fourth-order valence-corrected chi connectivity index (χ4v) is 1.43. The lowest BCUT2D eigenvalue weighted by molar-refractivity contribution is 0.321. The van der Waals surface area contributed by atoms with Gasteiger partial charge >= 0.3 is 0 Å². The first-order valence-electron chi connectivity index (χ1n) is 5.16. The summed E-state index contributed by atoms with van der Waals surface area (Å²) < 4.78 is 20.1. The Balaban J connectivity index is 2.37. The smallest absolute Gasteiger partial charge is 0.170 e. The van der Waals surface area contributed by atoms with Gasteiger partial charge in [0.05, 0.1) is 18.8 Å². The average Bonchev–Trinajstić information content (AvgIpc) is 2.80. The number of aromatic nitrogens is 4. The van der Waals surface area contributed by atoms with Crippen LogP contribution >= 0.6 is 0 Å². The number of nitrogens with two attached hydrogens (primary N) is 1. The van der Waals surface area contributed by atoms with Crippen LogP contribution in [0.1, 0.15) is 12.7 Å². The van der Waals surface area contributed by atoms with Crippen LogP contribution in [0.25, 0.3) is 5.69 Å². The molecular weight excluding hydrogens is 225 g/mol. The van der Waals surface area contributed by atoms with Crippen LogP contribution in [0.15, 0.2) is 18.2 Å². The zero-order valence-corrected chi connectivity index (χ0v) is 9.30. The van der Waals surface area contributed by atoms with Gasteiger partial charge in [0, 0.05) is 6.07 Å². The van der Waals surface area contributed by atoms with Gasteiger partial charge < -0.3 is 10.5 Å². The number of hydrogen-bond donors (Lipinski definition) is 1.